The highest BCUT2D eigenvalue weighted by molar-refractivity contribution is 5.77. The molecule has 28 heavy (non-hydrogen) atoms. The topological polar surface area (TPSA) is 43.9 Å². The highest BCUT2D eigenvalue weighted by atomic mass is 16.5. The first-order chi connectivity index (χ1) is 13.2. The van der Waals surface area contributed by atoms with Gasteiger partial charge in [-0.1, -0.05) is 25.5 Å². The third-order valence-corrected chi connectivity index (χ3v) is 7.73. The van der Waals surface area contributed by atoms with E-state index in [1.54, 1.807) is 0 Å². The summed E-state index contributed by atoms with van der Waals surface area (Å²) in [4.78, 5) is 14.1. The van der Waals surface area contributed by atoms with Gasteiger partial charge in [-0.2, -0.15) is 0 Å². The Morgan fingerprint density at radius 3 is 2.79 bits per heavy atom. The fourth-order valence-corrected chi connectivity index (χ4v) is 6.33. The number of esters is 1. The molecule has 3 rings (SSSR count). The van der Waals surface area contributed by atoms with Crippen molar-refractivity contribution in [3.05, 3.63) is 35.8 Å². The van der Waals surface area contributed by atoms with Crippen molar-refractivity contribution >= 4 is 5.97 Å². The molecule has 1 heterocycles. The van der Waals surface area contributed by atoms with Gasteiger partial charge in [0.05, 0.1) is 32.9 Å². The van der Waals surface area contributed by atoms with Crippen molar-refractivity contribution in [1.29, 1.82) is 0 Å². The highest BCUT2D eigenvalue weighted by Crippen LogP contribution is 2.62. The largest absolute Gasteiger partial charge is 0.469 e. The van der Waals surface area contributed by atoms with Crippen LogP contribution in [-0.4, -0.2) is 27.2 Å². The summed E-state index contributed by atoms with van der Waals surface area (Å²) in [6, 6.07) is 2.13. The van der Waals surface area contributed by atoms with Gasteiger partial charge in [-0.15, -0.1) is 0 Å². The van der Waals surface area contributed by atoms with Gasteiger partial charge >= 0.3 is 5.97 Å². The van der Waals surface area contributed by atoms with E-state index < -0.39 is 0 Å². The van der Waals surface area contributed by atoms with Crippen LogP contribution in [0, 0.1) is 22.7 Å². The summed E-state index contributed by atoms with van der Waals surface area (Å²) in [7, 11) is 5.83. The number of carbonyl (C=O) groups is 1. The molecule has 0 saturated heterocycles. The lowest BCUT2D eigenvalue weighted by molar-refractivity contribution is -0.873. The zero-order chi connectivity index (χ0) is 20.5. The number of rotatable bonds is 6. The first-order valence-electron chi connectivity index (χ1n) is 10.8. The van der Waals surface area contributed by atoms with Crippen molar-refractivity contribution in [2.45, 2.75) is 65.3 Å². The molecule has 0 aromatic carbocycles. The lowest BCUT2D eigenvalue weighted by atomic mass is 9.46. The van der Waals surface area contributed by atoms with Gasteiger partial charge in [-0.25, -0.2) is 0 Å². The Hall–Kier alpha value is -1.55. The third-order valence-electron chi connectivity index (χ3n) is 7.73. The Labute approximate surface area is 170 Å². The van der Waals surface area contributed by atoms with Crippen LogP contribution >= 0.6 is 0 Å². The maximum absolute atomic E-state index is 12.7. The van der Waals surface area contributed by atoms with Crippen LogP contribution in [-0.2, 0) is 22.5 Å². The van der Waals surface area contributed by atoms with E-state index in [4.69, 9.17) is 9.15 Å². The molecule has 4 atom stereocenters. The highest BCUT2D eigenvalue weighted by Gasteiger charge is 2.57. The monoisotopic (exact) mass is 388 g/mol. The van der Waals surface area contributed by atoms with Crippen molar-refractivity contribution in [3.63, 3.8) is 0 Å². The van der Waals surface area contributed by atoms with Crippen LogP contribution in [0.4, 0.5) is 0 Å². The molecule has 2 aliphatic rings. The Kier molecular flexibility index (Phi) is 6.09. The van der Waals surface area contributed by atoms with Gasteiger partial charge in [0.2, 0.25) is 0 Å². The van der Waals surface area contributed by atoms with E-state index in [2.05, 4.69) is 40.6 Å². The zero-order valence-corrected chi connectivity index (χ0v) is 18.4. The van der Waals surface area contributed by atoms with Crippen LogP contribution < -0.4 is 4.90 Å². The second kappa shape index (κ2) is 8.06. The van der Waals surface area contributed by atoms with Crippen LogP contribution in [0.3, 0.4) is 0 Å². The molecule has 0 unspecified atom stereocenters. The summed E-state index contributed by atoms with van der Waals surface area (Å²) in [5.74, 6) is 1.89. The summed E-state index contributed by atoms with van der Waals surface area (Å²) in [5, 5.41) is 0. The van der Waals surface area contributed by atoms with Crippen LogP contribution in [0.15, 0.2) is 28.9 Å². The Morgan fingerprint density at radius 2 is 2.11 bits per heavy atom. The number of hydrogen-bond donors (Lipinski definition) is 1. The molecule has 0 spiro atoms. The second-order valence-electron chi connectivity index (χ2n) is 9.86. The number of carbonyl (C=O) groups excluding carboxylic acids is 1. The summed E-state index contributed by atoms with van der Waals surface area (Å²) in [6.45, 7) is 9.93. The Bertz CT molecular complexity index is 721. The molecule has 2 fully saturated rings. The number of hydrogen-bond acceptors (Lipinski definition) is 3. The SMILES string of the molecule is C=C1CC[C@H]2[C@@](C)(CCC[C@@]2(C)C(=O)OC)[C@H]1CCc1ccoc1C[NH+](C)C. The van der Waals surface area contributed by atoms with E-state index in [-0.39, 0.29) is 16.8 Å². The normalized spacial score (nSPS) is 33.0. The molecule has 156 valence electrons. The quantitative estimate of drug-likeness (QED) is 0.595. The van der Waals surface area contributed by atoms with Crippen LogP contribution in [0.2, 0.25) is 0 Å². The van der Waals surface area contributed by atoms with Gasteiger partial charge in [0.1, 0.15) is 6.54 Å². The molecule has 0 radical (unpaired) electrons. The van der Waals surface area contributed by atoms with Crippen molar-refractivity contribution < 1.29 is 18.8 Å². The fourth-order valence-electron chi connectivity index (χ4n) is 6.33. The van der Waals surface area contributed by atoms with Crippen LogP contribution in [0.25, 0.3) is 0 Å². The number of aryl methyl sites for hydroxylation is 1. The second-order valence-corrected chi connectivity index (χ2v) is 9.86. The third kappa shape index (κ3) is 3.68. The molecule has 1 aromatic heterocycles. The van der Waals surface area contributed by atoms with Crippen molar-refractivity contribution in [2.75, 3.05) is 21.2 Å². The van der Waals surface area contributed by atoms with Crippen molar-refractivity contribution in [1.82, 2.24) is 0 Å². The predicted molar refractivity (Wildman–Crippen MR) is 111 cm³/mol. The summed E-state index contributed by atoms with van der Waals surface area (Å²) in [6.07, 6.45) is 9.20. The van der Waals surface area contributed by atoms with E-state index in [0.717, 1.165) is 50.8 Å². The first kappa shape index (κ1) is 21.2. The molecule has 1 N–H and O–H groups in total. The number of nitrogens with one attached hydrogen (secondary N) is 1. The molecular weight excluding hydrogens is 350 g/mol. The van der Waals surface area contributed by atoms with Gasteiger partial charge in [-0.3, -0.25) is 4.79 Å². The summed E-state index contributed by atoms with van der Waals surface area (Å²) in [5.41, 5.74) is 2.45. The molecule has 4 heteroatoms. The maximum Gasteiger partial charge on any atom is 0.311 e. The molecule has 2 saturated carbocycles. The minimum atomic E-state index is -0.365. The number of ether oxygens (including phenoxy) is 1. The smallest absolute Gasteiger partial charge is 0.311 e. The molecule has 0 amide bonds. The van der Waals surface area contributed by atoms with E-state index in [9.17, 15) is 4.79 Å². The zero-order valence-electron chi connectivity index (χ0n) is 18.4. The minimum absolute atomic E-state index is 0.0271. The average molecular weight is 389 g/mol. The van der Waals surface area contributed by atoms with Crippen LogP contribution in [0.1, 0.15) is 63.7 Å². The molecule has 4 nitrogen and oxygen atoms in total. The molecule has 0 aliphatic heterocycles. The fraction of sp³-hybridized carbons (Fsp3) is 0.708. The summed E-state index contributed by atoms with van der Waals surface area (Å²) < 4.78 is 11.0. The van der Waals surface area contributed by atoms with Gasteiger partial charge < -0.3 is 14.1 Å². The molecular formula is C24H38NO3+. The minimum Gasteiger partial charge on any atom is -0.469 e. The van der Waals surface area contributed by atoms with Gasteiger partial charge in [0.15, 0.2) is 5.76 Å². The Morgan fingerprint density at radius 1 is 1.36 bits per heavy atom. The predicted octanol–water partition coefficient (Wildman–Crippen LogP) is 3.81. The molecule has 1 aromatic rings. The van der Waals surface area contributed by atoms with E-state index in [1.165, 1.54) is 29.6 Å². The number of quaternary nitrogens is 1. The lowest BCUT2D eigenvalue weighted by Crippen LogP contribution is -3.04. The van der Waals surface area contributed by atoms with Crippen molar-refractivity contribution in [3.8, 4) is 0 Å². The van der Waals surface area contributed by atoms with Crippen LogP contribution in [0.5, 0.6) is 0 Å². The molecule has 2 aliphatic carbocycles. The van der Waals surface area contributed by atoms with E-state index in [1.807, 2.05) is 6.26 Å². The van der Waals surface area contributed by atoms with Gasteiger partial charge in [0.25, 0.3) is 0 Å². The average Bonchev–Trinajstić information content (AvgIpc) is 3.06. The number of methoxy groups -OCH3 is 1. The van der Waals surface area contributed by atoms with Gasteiger partial charge in [-0.05, 0) is 74.3 Å². The number of allylic oxidation sites excluding steroid dienone is 1. The standard InChI is InChI=1S/C24H37NO3/c1-17-8-11-21-23(2,13-7-14-24(21,3)22(26)27-6)19(17)10-9-18-12-15-28-20(18)16-25(4)5/h12,15,19,21H,1,7-11,13-14,16H2,2-6H3/p+1/t19-,21-,23-,24+/m0/s1. The van der Waals surface area contributed by atoms with E-state index in [0.29, 0.717) is 11.8 Å². The van der Waals surface area contributed by atoms with E-state index >= 15 is 0 Å². The molecule has 0 bridgehead atoms. The number of fused-ring (bicyclic) bond motifs is 1. The maximum atomic E-state index is 12.7. The Balaban J connectivity index is 1.82. The first-order valence-corrected chi connectivity index (χ1v) is 10.8. The number of furan rings is 1. The summed E-state index contributed by atoms with van der Waals surface area (Å²) >= 11 is 0. The van der Waals surface area contributed by atoms with Crippen molar-refractivity contribution in [2.24, 2.45) is 22.7 Å². The van der Waals surface area contributed by atoms with Gasteiger partial charge in [0, 0.05) is 0 Å². The lowest BCUT2D eigenvalue weighted by Gasteiger charge is -2.57.